The molecule has 0 aliphatic rings. The highest BCUT2D eigenvalue weighted by Crippen LogP contribution is 2.37. The number of methoxy groups -OCH3 is 1. The molecule has 2 rings (SSSR count). The molecule has 0 spiro atoms. The Morgan fingerprint density at radius 1 is 0.913 bits per heavy atom. The van der Waals surface area contributed by atoms with E-state index in [-0.39, 0.29) is 23.9 Å². The zero-order chi connectivity index (χ0) is 16.8. The molecule has 23 heavy (non-hydrogen) atoms. The SMILES string of the molecule is CN[C@@H](c1ccccc1O)[C@@H](NC(C)C)c1ccccc1OC. The Morgan fingerprint density at radius 3 is 2.09 bits per heavy atom. The van der Waals surface area contributed by atoms with Crippen molar-refractivity contribution in [2.45, 2.75) is 32.0 Å². The fourth-order valence-electron chi connectivity index (χ4n) is 2.90. The molecule has 0 aromatic heterocycles. The third kappa shape index (κ3) is 4.03. The van der Waals surface area contributed by atoms with Crippen LogP contribution in [0.2, 0.25) is 0 Å². The van der Waals surface area contributed by atoms with E-state index in [1.165, 1.54) is 0 Å². The number of benzene rings is 2. The zero-order valence-electron chi connectivity index (χ0n) is 14.2. The van der Waals surface area contributed by atoms with Crippen molar-refractivity contribution in [3.05, 3.63) is 59.7 Å². The molecule has 3 N–H and O–H groups in total. The molecule has 0 radical (unpaired) electrons. The van der Waals surface area contributed by atoms with E-state index in [0.717, 1.165) is 16.9 Å². The number of hydrogen-bond donors (Lipinski definition) is 3. The third-order valence-corrected chi connectivity index (χ3v) is 3.90. The summed E-state index contributed by atoms with van der Waals surface area (Å²) in [5, 5.41) is 17.2. The predicted octanol–water partition coefficient (Wildman–Crippen LogP) is 3.40. The highest BCUT2D eigenvalue weighted by molar-refractivity contribution is 5.41. The maximum Gasteiger partial charge on any atom is 0.123 e. The number of phenols is 1. The van der Waals surface area contributed by atoms with Crippen molar-refractivity contribution < 1.29 is 9.84 Å². The number of hydrogen-bond acceptors (Lipinski definition) is 4. The largest absolute Gasteiger partial charge is 0.508 e. The minimum absolute atomic E-state index is 0.0375. The number of nitrogens with one attached hydrogen (secondary N) is 2. The minimum atomic E-state index is -0.0881. The van der Waals surface area contributed by atoms with Gasteiger partial charge in [-0.05, 0) is 19.2 Å². The van der Waals surface area contributed by atoms with Crippen LogP contribution >= 0.6 is 0 Å². The fourth-order valence-corrected chi connectivity index (χ4v) is 2.90. The fraction of sp³-hybridized carbons (Fsp3) is 0.368. The van der Waals surface area contributed by atoms with Gasteiger partial charge in [-0.15, -0.1) is 0 Å². The van der Waals surface area contributed by atoms with Crippen molar-refractivity contribution in [1.82, 2.24) is 10.6 Å². The van der Waals surface area contributed by atoms with Crippen molar-refractivity contribution in [1.29, 1.82) is 0 Å². The van der Waals surface area contributed by atoms with Crippen LogP contribution in [0.4, 0.5) is 0 Å². The highest BCUT2D eigenvalue weighted by Gasteiger charge is 2.28. The van der Waals surface area contributed by atoms with Gasteiger partial charge < -0.3 is 20.5 Å². The Morgan fingerprint density at radius 2 is 1.52 bits per heavy atom. The molecular weight excluding hydrogens is 288 g/mol. The second-order valence-electron chi connectivity index (χ2n) is 5.87. The van der Waals surface area contributed by atoms with Crippen LogP contribution in [0, 0.1) is 0 Å². The van der Waals surface area contributed by atoms with Crippen LogP contribution in [0.1, 0.15) is 37.1 Å². The van der Waals surface area contributed by atoms with E-state index in [4.69, 9.17) is 4.74 Å². The van der Waals surface area contributed by atoms with Crippen molar-refractivity contribution in [2.24, 2.45) is 0 Å². The smallest absolute Gasteiger partial charge is 0.123 e. The van der Waals surface area contributed by atoms with E-state index in [0.29, 0.717) is 0 Å². The molecule has 0 bridgehead atoms. The molecule has 2 atom stereocenters. The number of likely N-dealkylation sites (N-methyl/N-ethyl adjacent to an activating group) is 1. The lowest BCUT2D eigenvalue weighted by atomic mass is 9.91. The average molecular weight is 314 g/mol. The molecule has 0 aliphatic heterocycles. The number of para-hydroxylation sites is 2. The number of phenolic OH excluding ortho intramolecular Hbond substituents is 1. The molecule has 0 amide bonds. The maximum absolute atomic E-state index is 10.3. The Hall–Kier alpha value is -2.04. The van der Waals surface area contributed by atoms with Crippen molar-refractivity contribution in [3.63, 3.8) is 0 Å². The first-order valence-corrected chi connectivity index (χ1v) is 7.92. The number of ether oxygens (including phenoxy) is 1. The lowest BCUT2D eigenvalue weighted by molar-refractivity contribution is 0.345. The van der Waals surface area contributed by atoms with Crippen molar-refractivity contribution in [2.75, 3.05) is 14.2 Å². The zero-order valence-corrected chi connectivity index (χ0v) is 14.2. The van der Waals surface area contributed by atoms with Gasteiger partial charge >= 0.3 is 0 Å². The van der Waals surface area contributed by atoms with E-state index in [1.54, 1.807) is 13.2 Å². The Balaban J connectivity index is 2.50. The van der Waals surface area contributed by atoms with Gasteiger partial charge in [-0.1, -0.05) is 50.2 Å². The first-order valence-electron chi connectivity index (χ1n) is 7.92. The van der Waals surface area contributed by atoms with Crippen LogP contribution in [-0.2, 0) is 0 Å². The summed E-state index contributed by atoms with van der Waals surface area (Å²) in [6.45, 7) is 4.22. The van der Waals surface area contributed by atoms with Crippen LogP contribution in [0.15, 0.2) is 48.5 Å². The van der Waals surface area contributed by atoms with E-state index in [9.17, 15) is 5.11 Å². The Kier molecular flexibility index (Phi) is 6.02. The van der Waals surface area contributed by atoms with E-state index in [2.05, 4.69) is 30.5 Å². The van der Waals surface area contributed by atoms with Crippen LogP contribution < -0.4 is 15.4 Å². The predicted molar refractivity (Wildman–Crippen MR) is 93.9 cm³/mol. The first kappa shape index (κ1) is 17.3. The van der Waals surface area contributed by atoms with E-state index in [1.807, 2.05) is 43.4 Å². The molecule has 4 heteroatoms. The summed E-state index contributed by atoms with van der Waals surface area (Å²) in [5.74, 6) is 1.12. The van der Waals surface area contributed by atoms with Crippen molar-refractivity contribution >= 4 is 0 Å². The van der Waals surface area contributed by atoms with Gasteiger partial charge in [0.2, 0.25) is 0 Å². The second-order valence-corrected chi connectivity index (χ2v) is 5.87. The Bertz CT molecular complexity index is 628. The second kappa shape index (κ2) is 7.99. The van der Waals surface area contributed by atoms with Gasteiger partial charge in [0.05, 0.1) is 19.2 Å². The van der Waals surface area contributed by atoms with Gasteiger partial charge in [-0.25, -0.2) is 0 Å². The number of rotatable bonds is 7. The van der Waals surface area contributed by atoms with Gasteiger partial charge in [0.15, 0.2) is 0 Å². The number of aromatic hydroxyl groups is 1. The molecule has 0 saturated carbocycles. The summed E-state index contributed by atoms with van der Waals surface area (Å²) in [6.07, 6.45) is 0. The van der Waals surface area contributed by atoms with Gasteiger partial charge in [-0.2, -0.15) is 0 Å². The molecule has 4 nitrogen and oxygen atoms in total. The topological polar surface area (TPSA) is 53.5 Å². The summed E-state index contributed by atoms with van der Waals surface area (Å²) in [6, 6.07) is 15.6. The monoisotopic (exact) mass is 314 g/mol. The van der Waals surface area contributed by atoms with Crippen LogP contribution in [0.25, 0.3) is 0 Å². The third-order valence-electron chi connectivity index (χ3n) is 3.90. The first-order chi connectivity index (χ1) is 11.1. The lowest BCUT2D eigenvalue weighted by Gasteiger charge is -2.31. The highest BCUT2D eigenvalue weighted by atomic mass is 16.5. The van der Waals surface area contributed by atoms with Crippen LogP contribution in [-0.4, -0.2) is 25.3 Å². The minimum Gasteiger partial charge on any atom is -0.508 e. The average Bonchev–Trinajstić information content (AvgIpc) is 2.56. The molecule has 0 aliphatic carbocycles. The molecule has 0 fully saturated rings. The van der Waals surface area contributed by atoms with Crippen molar-refractivity contribution in [3.8, 4) is 11.5 Å². The quantitative estimate of drug-likeness (QED) is 0.733. The van der Waals surface area contributed by atoms with Crippen LogP contribution in [0.5, 0.6) is 11.5 Å². The standard InChI is InChI=1S/C19H26N2O2/c1-13(2)21-19(15-10-6-8-12-17(15)23-4)18(20-3)14-9-5-7-11-16(14)22/h5-13,18-22H,1-4H3/t18-,19-/m0/s1. The molecule has 2 aromatic rings. The molecule has 2 aromatic carbocycles. The van der Waals surface area contributed by atoms with Gasteiger partial charge in [0, 0.05) is 17.2 Å². The Labute approximate surface area is 138 Å². The molecular formula is C19H26N2O2. The van der Waals surface area contributed by atoms with Gasteiger partial charge in [0.1, 0.15) is 11.5 Å². The van der Waals surface area contributed by atoms with E-state index >= 15 is 0 Å². The normalized spacial score (nSPS) is 13.8. The molecule has 0 saturated heterocycles. The molecule has 0 heterocycles. The molecule has 0 unspecified atom stereocenters. The summed E-state index contributed by atoms with van der Waals surface area (Å²) >= 11 is 0. The maximum atomic E-state index is 10.3. The summed E-state index contributed by atoms with van der Waals surface area (Å²) in [5.41, 5.74) is 1.92. The van der Waals surface area contributed by atoms with Gasteiger partial charge in [0.25, 0.3) is 0 Å². The van der Waals surface area contributed by atoms with Gasteiger partial charge in [-0.3, -0.25) is 0 Å². The summed E-state index contributed by atoms with van der Waals surface area (Å²) < 4.78 is 5.54. The molecule has 124 valence electrons. The van der Waals surface area contributed by atoms with Crippen LogP contribution in [0.3, 0.4) is 0 Å². The summed E-state index contributed by atoms with van der Waals surface area (Å²) in [7, 11) is 3.58. The summed E-state index contributed by atoms with van der Waals surface area (Å²) in [4.78, 5) is 0. The van der Waals surface area contributed by atoms with E-state index < -0.39 is 0 Å². The lowest BCUT2D eigenvalue weighted by Crippen LogP contribution is -2.37.